The first kappa shape index (κ1) is 18.5. The van der Waals surface area contributed by atoms with Crippen molar-refractivity contribution in [2.45, 2.75) is 19.1 Å². The van der Waals surface area contributed by atoms with Gasteiger partial charge in [-0.2, -0.15) is 4.31 Å². The van der Waals surface area contributed by atoms with Crippen LogP contribution in [0.4, 0.5) is 0 Å². The van der Waals surface area contributed by atoms with Crippen LogP contribution in [0.15, 0.2) is 48.8 Å². The maximum atomic E-state index is 12.8. The molecule has 7 heteroatoms. The van der Waals surface area contributed by atoms with E-state index in [1.807, 2.05) is 31.2 Å². The fraction of sp³-hybridized carbons (Fsp3) is 0.368. The Morgan fingerprint density at radius 3 is 2.54 bits per heavy atom. The highest BCUT2D eigenvalue weighted by atomic mass is 32.2. The Kier molecular flexibility index (Phi) is 5.68. The zero-order valence-electron chi connectivity index (χ0n) is 14.8. The second kappa shape index (κ2) is 7.97. The van der Waals surface area contributed by atoms with Crippen molar-refractivity contribution in [3.8, 4) is 0 Å². The van der Waals surface area contributed by atoms with Gasteiger partial charge in [0.2, 0.25) is 10.0 Å². The summed E-state index contributed by atoms with van der Waals surface area (Å²) in [4.78, 5) is 18.2. The molecule has 1 aliphatic heterocycles. The van der Waals surface area contributed by atoms with E-state index in [1.165, 1.54) is 4.31 Å². The Morgan fingerprint density at radius 2 is 1.85 bits per heavy atom. The molecule has 2 aromatic rings. The highest BCUT2D eigenvalue weighted by Gasteiger charge is 2.27. The molecule has 1 fully saturated rings. The third-order valence-corrected chi connectivity index (χ3v) is 6.36. The SMILES string of the molecule is Cc1ccc(CS(=O)(=O)N2CCCN(C(=O)c3cccnc3)CC2)cc1. The van der Waals surface area contributed by atoms with Gasteiger partial charge in [-0.3, -0.25) is 9.78 Å². The van der Waals surface area contributed by atoms with Crippen molar-refractivity contribution >= 4 is 15.9 Å². The van der Waals surface area contributed by atoms with Gasteiger partial charge in [-0.25, -0.2) is 8.42 Å². The Morgan fingerprint density at radius 1 is 1.08 bits per heavy atom. The fourth-order valence-electron chi connectivity index (χ4n) is 3.03. The molecular formula is C19H23N3O3S. The van der Waals surface area contributed by atoms with E-state index in [9.17, 15) is 13.2 Å². The fourth-order valence-corrected chi connectivity index (χ4v) is 4.60. The Balaban J connectivity index is 1.66. The molecule has 138 valence electrons. The Bertz CT molecular complexity index is 851. The lowest BCUT2D eigenvalue weighted by molar-refractivity contribution is 0.0764. The van der Waals surface area contributed by atoms with Gasteiger partial charge in [0.1, 0.15) is 0 Å². The number of carbonyl (C=O) groups excluding carboxylic acids is 1. The predicted molar refractivity (Wildman–Crippen MR) is 100 cm³/mol. The number of aromatic nitrogens is 1. The number of hydrogen-bond acceptors (Lipinski definition) is 4. The summed E-state index contributed by atoms with van der Waals surface area (Å²) in [6.07, 6.45) is 3.79. The number of nitrogens with zero attached hydrogens (tertiary/aromatic N) is 3. The van der Waals surface area contributed by atoms with Gasteiger partial charge in [-0.05, 0) is 31.0 Å². The third-order valence-electron chi connectivity index (χ3n) is 4.51. The lowest BCUT2D eigenvalue weighted by atomic mass is 10.2. The summed E-state index contributed by atoms with van der Waals surface area (Å²) in [6, 6.07) is 11.0. The molecule has 0 atom stereocenters. The van der Waals surface area contributed by atoms with Crippen LogP contribution in [0, 0.1) is 6.92 Å². The molecule has 1 aromatic heterocycles. The van der Waals surface area contributed by atoms with E-state index in [0.717, 1.165) is 11.1 Å². The summed E-state index contributed by atoms with van der Waals surface area (Å²) in [5, 5.41) is 0. The molecule has 0 N–H and O–H groups in total. The lowest BCUT2D eigenvalue weighted by Gasteiger charge is -2.22. The first-order chi connectivity index (χ1) is 12.5. The van der Waals surface area contributed by atoms with Gasteiger partial charge >= 0.3 is 0 Å². The predicted octanol–water partition coefficient (Wildman–Crippen LogP) is 2.07. The first-order valence-corrected chi connectivity index (χ1v) is 10.3. The summed E-state index contributed by atoms with van der Waals surface area (Å²) in [5.41, 5.74) is 2.41. The average Bonchev–Trinajstić information content (AvgIpc) is 2.90. The second-order valence-corrected chi connectivity index (χ2v) is 8.50. The van der Waals surface area contributed by atoms with Crippen LogP contribution in [0.2, 0.25) is 0 Å². The van der Waals surface area contributed by atoms with Gasteiger partial charge in [0.05, 0.1) is 11.3 Å². The van der Waals surface area contributed by atoms with Crippen LogP contribution in [0.3, 0.4) is 0 Å². The van der Waals surface area contributed by atoms with Gasteiger partial charge in [0.25, 0.3) is 5.91 Å². The number of benzene rings is 1. The lowest BCUT2D eigenvalue weighted by Crippen LogP contribution is -2.37. The van der Waals surface area contributed by atoms with Gasteiger partial charge in [-0.15, -0.1) is 0 Å². The summed E-state index contributed by atoms with van der Waals surface area (Å²) >= 11 is 0. The summed E-state index contributed by atoms with van der Waals surface area (Å²) in [6.45, 7) is 3.66. The van der Waals surface area contributed by atoms with Crippen molar-refractivity contribution in [2.24, 2.45) is 0 Å². The Hall–Kier alpha value is -2.25. The number of hydrogen-bond donors (Lipinski definition) is 0. The normalized spacial score (nSPS) is 16.3. The largest absolute Gasteiger partial charge is 0.337 e. The summed E-state index contributed by atoms with van der Waals surface area (Å²) in [5.74, 6) is -0.111. The van der Waals surface area contributed by atoms with Crippen molar-refractivity contribution in [3.05, 3.63) is 65.5 Å². The van der Waals surface area contributed by atoms with Crippen molar-refractivity contribution < 1.29 is 13.2 Å². The van der Waals surface area contributed by atoms with Gasteiger partial charge in [0.15, 0.2) is 0 Å². The van der Waals surface area contributed by atoms with E-state index in [4.69, 9.17) is 0 Å². The van der Waals surface area contributed by atoms with E-state index in [1.54, 1.807) is 29.4 Å². The molecule has 1 aliphatic rings. The zero-order chi connectivity index (χ0) is 18.6. The van der Waals surface area contributed by atoms with Crippen LogP contribution in [0.5, 0.6) is 0 Å². The minimum absolute atomic E-state index is 0.0101. The van der Waals surface area contributed by atoms with Gasteiger partial charge in [0, 0.05) is 38.6 Å². The smallest absolute Gasteiger partial charge is 0.255 e. The van der Waals surface area contributed by atoms with Crippen molar-refractivity contribution in [3.63, 3.8) is 0 Å². The number of carbonyl (C=O) groups is 1. The molecule has 0 unspecified atom stereocenters. The molecule has 0 spiro atoms. The number of amides is 1. The molecular weight excluding hydrogens is 350 g/mol. The molecule has 26 heavy (non-hydrogen) atoms. The minimum Gasteiger partial charge on any atom is -0.337 e. The van der Waals surface area contributed by atoms with Crippen molar-refractivity contribution in [1.29, 1.82) is 0 Å². The standard InChI is InChI=1S/C19H23N3O3S/c1-16-5-7-17(8-6-16)15-26(24,25)22-11-3-10-21(12-13-22)19(23)18-4-2-9-20-14-18/h2,4-9,14H,3,10-13,15H2,1H3. The first-order valence-electron chi connectivity index (χ1n) is 8.68. The number of aryl methyl sites for hydroxylation is 1. The Labute approximate surface area is 154 Å². The van der Waals surface area contributed by atoms with Crippen molar-refractivity contribution in [2.75, 3.05) is 26.2 Å². The van der Waals surface area contributed by atoms with Crippen molar-refractivity contribution in [1.82, 2.24) is 14.2 Å². The van der Waals surface area contributed by atoms with Crippen LogP contribution in [0.25, 0.3) is 0 Å². The number of pyridine rings is 1. The van der Waals surface area contributed by atoms with Crippen LogP contribution in [-0.4, -0.2) is 54.7 Å². The van der Waals surface area contributed by atoms with Crippen LogP contribution in [-0.2, 0) is 15.8 Å². The minimum atomic E-state index is -3.40. The van der Waals surface area contributed by atoms with Crippen LogP contribution in [0.1, 0.15) is 27.9 Å². The zero-order valence-corrected chi connectivity index (χ0v) is 15.7. The number of sulfonamides is 1. The van der Waals surface area contributed by atoms with E-state index >= 15 is 0 Å². The summed E-state index contributed by atoms with van der Waals surface area (Å²) < 4.78 is 27.0. The highest BCUT2D eigenvalue weighted by molar-refractivity contribution is 7.88. The maximum Gasteiger partial charge on any atom is 0.255 e. The van der Waals surface area contributed by atoms with E-state index < -0.39 is 10.0 Å². The molecule has 0 aliphatic carbocycles. The van der Waals surface area contributed by atoms with Gasteiger partial charge in [-0.1, -0.05) is 29.8 Å². The second-order valence-electron chi connectivity index (χ2n) is 6.53. The van der Waals surface area contributed by atoms with E-state index in [2.05, 4.69) is 4.98 Å². The quantitative estimate of drug-likeness (QED) is 0.823. The number of rotatable bonds is 4. The molecule has 0 bridgehead atoms. The highest BCUT2D eigenvalue weighted by Crippen LogP contribution is 2.16. The molecule has 1 aromatic carbocycles. The molecule has 3 rings (SSSR count). The molecule has 0 saturated carbocycles. The van der Waals surface area contributed by atoms with Crippen LogP contribution < -0.4 is 0 Å². The summed E-state index contributed by atoms with van der Waals surface area (Å²) in [7, 11) is -3.40. The maximum absolute atomic E-state index is 12.8. The topological polar surface area (TPSA) is 70.6 Å². The molecule has 6 nitrogen and oxygen atoms in total. The van der Waals surface area contributed by atoms with Crippen LogP contribution >= 0.6 is 0 Å². The van der Waals surface area contributed by atoms with E-state index in [-0.39, 0.29) is 11.7 Å². The molecule has 2 heterocycles. The van der Waals surface area contributed by atoms with Gasteiger partial charge < -0.3 is 4.90 Å². The van der Waals surface area contributed by atoms with E-state index in [0.29, 0.717) is 38.2 Å². The monoisotopic (exact) mass is 373 g/mol. The average molecular weight is 373 g/mol. The molecule has 0 radical (unpaired) electrons. The molecule has 1 amide bonds. The molecule has 1 saturated heterocycles. The third kappa shape index (κ3) is 4.47.